The second kappa shape index (κ2) is 7.48. The quantitative estimate of drug-likeness (QED) is 0.522. The topological polar surface area (TPSA) is 104 Å². The number of likely N-dealkylation sites (N-methyl/N-ethyl adjacent to an activating group) is 1. The number of rotatable bonds is 5. The Labute approximate surface area is 169 Å². The fraction of sp³-hybridized carbons (Fsp3) is 0.143. The van der Waals surface area contributed by atoms with E-state index < -0.39 is 18.4 Å². The third kappa shape index (κ3) is 3.27. The van der Waals surface area contributed by atoms with Gasteiger partial charge in [0.1, 0.15) is 23.4 Å². The number of phenols is 1. The number of aliphatic carboxylic acids is 1. The van der Waals surface area contributed by atoms with E-state index in [0.717, 1.165) is 20.5 Å². The molecule has 0 aliphatic heterocycles. The predicted octanol–water partition coefficient (Wildman–Crippen LogP) is 3.76. The van der Waals surface area contributed by atoms with Crippen LogP contribution in [0.4, 0.5) is 0 Å². The minimum absolute atomic E-state index is 0.0380. The van der Waals surface area contributed by atoms with Crippen molar-refractivity contribution in [1.29, 1.82) is 0 Å². The normalized spacial score (nSPS) is 11.1. The number of hydrogen-bond acceptors (Lipinski definition) is 6. The minimum atomic E-state index is -1.13. The summed E-state index contributed by atoms with van der Waals surface area (Å²) >= 11 is 1.54. The number of aromatic hydroxyl groups is 1. The van der Waals surface area contributed by atoms with Crippen LogP contribution in [-0.4, -0.2) is 50.0 Å². The van der Waals surface area contributed by atoms with Gasteiger partial charge in [0.05, 0.1) is 5.52 Å². The fourth-order valence-electron chi connectivity index (χ4n) is 3.34. The molecule has 146 valence electrons. The van der Waals surface area contributed by atoms with E-state index >= 15 is 0 Å². The van der Waals surface area contributed by atoms with Crippen molar-refractivity contribution in [3.05, 3.63) is 53.7 Å². The van der Waals surface area contributed by atoms with E-state index in [1.165, 1.54) is 23.7 Å². The Balaban J connectivity index is 1.98. The summed E-state index contributed by atoms with van der Waals surface area (Å²) in [7, 11) is 0. The SMILES string of the molecule is CCN(CC(=O)O)C(=O)c1c(O)c(-c2csc3ccccc23)cc2nccnc12. The van der Waals surface area contributed by atoms with Gasteiger partial charge < -0.3 is 15.1 Å². The van der Waals surface area contributed by atoms with Gasteiger partial charge in [-0.2, -0.15) is 0 Å². The number of thiophene rings is 1. The van der Waals surface area contributed by atoms with Gasteiger partial charge in [-0.25, -0.2) is 0 Å². The Bertz CT molecular complexity index is 1250. The van der Waals surface area contributed by atoms with Crippen LogP contribution in [0.1, 0.15) is 17.3 Å². The van der Waals surface area contributed by atoms with Gasteiger partial charge in [0.15, 0.2) is 0 Å². The minimum Gasteiger partial charge on any atom is -0.506 e. The van der Waals surface area contributed by atoms with Crippen LogP contribution in [-0.2, 0) is 4.79 Å². The Morgan fingerprint density at radius 2 is 1.90 bits per heavy atom. The van der Waals surface area contributed by atoms with E-state index in [9.17, 15) is 14.7 Å². The molecule has 0 atom stereocenters. The molecule has 29 heavy (non-hydrogen) atoms. The summed E-state index contributed by atoms with van der Waals surface area (Å²) < 4.78 is 1.05. The van der Waals surface area contributed by atoms with E-state index in [4.69, 9.17) is 5.11 Å². The molecule has 0 unspecified atom stereocenters. The van der Waals surface area contributed by atoms with E-state index in [0.29, 0.717) is 11.1 Å². The molecular formula is C21H17N3O4S. The summed E-state index contributed by atoms with van der Waals surface area (Å²) in [5.74, 6) is -1.95. The first-order chi connectivity index (χ1) is 14.0. The third-order valence-corrected chi connectivity index (χ3v) is 5.68. The standard InChI is InChI=1S/C21H17N3O4S/c1-2-24(10-17(25)26)21(28)18-19-15(22-7-8-23-19)9-13(20(18)27)14-11-29-16-6-4-3-5-12(14)16/h3-9,11,27H,2,10H2,1H3,(H,25,26). The van der Waals surface area contributed by atoms with Crippen LogP contribution in [0.15, 0.2) is 48.1 Å². The molecule has 1 amide bonds. The molecule has 0 bridgehead atoms. The number of carbonyl (C=O) groups excluding carboxylic acids is 1. The van der Waals surface area contributed by atoms with E-state index in [1.54, 1.807) is 13.0 Å². The number of amides is 1. The van der Waals surface area contributed by atoms with Gasteiger partial charge in [-0.1, -0.05) is 18.2 Å². The van der Waals surface area contributed by atoms with Crippen molar-refractivity contribution in [3.8, 4) is 16.9 Å². The van der Waals surface area contributed by atoms with Gasteiger partial charge in [-0.3, -0.25) is 19.6 Å². The Morgan fingerprint density at radius 1 is 1.14 bits per heavy atom. The zero-order valence-corrected chi connectivity index (χ0v) is 16.3. The lowest BCUT2D eigenvalue weighted by Gasteiger charge is -2.20. The predicted molar refractivity (Wildman–Crippen MR) is 111 cm³/mol. The molecule has 2 N–H and O–H groups in total. The number of benzene rings is 2. The van der Waals surface area contributed by atoms with E-state index in [2.05, 4.69) is 9.97 Å². The molecule has 0 aliphatic carbocycles. The monoisotopic (exact) mass is 407 g/mol. The molecule has 4 rings (SSSR count). The number of carboxylic acid groups (broad SMARTS) is 1. The molecule has 2 aromatic carbocycles. The smallest absolute Gasteiger partial charge is 0.323 e. The van der Waals surface area contributed by atoms with Gasteiger partial charge in [0, 0.05) is 40.2 Å². The summed E-state index contributed by atoms with van der Waals surface area (Å²) in [5.41, 5.74) is 1.90. The van der Waals surface area contributed by atoms with E-state index in [-0.39, 0.29) is 23.4 Å². The molecular weight excluding hydrogens is 390 g/mol. The number of carboxylic acids is 1. The van der Waals surface area contributed by atoms with Crippen LogP contribution in [0.3, 0.4) is 0 Å². The van der Waals surface area contributed by atoms with Crippen LogP contribution >= 0.6 is 11.3 Å². The first kappa shape index (κ1) is 18.8. The Hall–Kier alpha value is -3.52. The number of phenolic OH excluding ortho intramolecular Hbond substituents is 1. The highest BCUT2D eigenvalue weighted by Gasteiger charge is 2.27. The van der Waals surface area contributed by atoms with Crippen LogP contribution < -0.4 is 0 Å². The molecule has 2 heterocycles. The molecule has 4 aromatic rings. The second-order valence-corrected chi connectivity index (χ2v) is 7.34. The van der Waals surface area contributed by atoms with Crippen LogP contribution in [0.2, 0.25) is 0 Å². The van der Waals surface area contributed by atoms with Crippen molar-refractivity contribution in [1.82, 2.24) is 14.9 Å². The number of fused-ring (bicyclic) bond motifs is 2. The molecule has 0 radical (unpaired) electrons. The largest absolute Gasteiger partial charge is 0.506 e. The maximum Gasteiger partial charge on any atom is 0.323 e. The van der Waals surface area contributed by atoms with Gasteiger partial charge in [-0.05, 0) is 24.4 Å². The lowest BCUT2D eigenvalue weighted by atomic mass is 9.98. The zero-order valence-electron chi connectivity index (χ0n) is 15.5. The summed E-state index contributed by atoms with van der Waals surface area (Å²) in [5, 5.41) is 23.1. The highest BCUT2D eigenvalue weighted by atomic mass is 32.1. The molecule has 0 fully saturated rings. The van der Waals surface area contributed by atoms with Gasteiger partial charge in [0.25, 0.3) is 5.91 Å². The van der Waals surface area contributed by atoms with Crippen LogP contribution in [0, 0.1) is 0 Å². The molecule has 0 saturated carbocycles. The number of aromatic nitrogens is 2. The van der Waals surface area contributed by atoms with Crippen LogP contribution in [0.5, 0.6) is 5.75 Å². The first-order valence-electron chi connectivity index (χ1n) is 8.95. The van der Waals surface area contributed by atoms with Crippen molar-refractivity contribution in [2.24, 2.45) is 0 Å². The molecule has 0 aliphatic rings. The molecule has 8 heteroatoms. The Kier molecular flexibility index (Phi) is 4.85. The molecule has 0 spiro atoms. The average molecular weight is 407 g/mol. The van der Waals surface area contributed by atoms with Crippen molar-refractivity contribution in [2.45, 2.75) is 6.92 Å². The van der Waals surface area contributed by atoms with Crippen molar-refractivity contribution in [2.75, 3.05) is 13.1 Å². The second-order valence-electron chi connectivity index (χ2n) is 6.43. The average Bonchev–Trinajstić information content (AvgIpc) is 3.15. The summed E-state index contributed by atoms with van der Waals surface area (Å²) in [6.07, 6.45) is 2.95. The van der Waals surface area contributed by atoms with Crippen molar-refractivity contribution in [3.63, 3.8) is 0 Å². The molecule has 7 nitrogen and oxygen atoms in total. The number of hydrogen-bond donors (Lipinski definition) is 2. The first-order valence-corrected chi connectivity index (χ1v) is 9.83. The summed E-state index contributed by atoms with van der Waals surface area (Å²) in [6, 6.07) is 9.49. The van der Waals surface area contributed by atoms with Gasteiger partial charge >= 0.3 is 5.97 Å². The fourth-order valence-corrected chi connectivity index (χ4v) is 4.30. The highest BCUT2D eigenvalue weighted by Crippen LogP contribution is 2.42. The summed E-state index contributed by atoms with van der Waals surface area (Å²) in [6.45, 7) is 1.39. The maximum atomic E-state index is 13.2. The van der Waals surface area contributed by atoms with Gasteiger partial charge in [0.2, 0.25) is 0 Å². The highest BCUT2D eigenvalue weighted by molar-refractivity contribution is 7.17. The Morgan fingerprint density at radius 3 is 2.66 bits per heavy atom. The van der Waals surface area contributed by atoms with Crippen molar-refractivity contribution >= 4 is 44.3 Å². The molecule has 0 saturated heterocycles. The van der Waals surface area contributed by atoms with Gasteiger partial charge in [-0.15, -0.1) is 11.3 Å². The third-order valence-electron chi connectivity index (χ3n) is 4.72. The lowest BCUT2D eigenvalue weighted by Crippen LogP contribution is -2.35. The van der Waals surface area contributed by atoms with E-state index in [1.807, 2.05) is 29.6 Å². The molecule has 2 aromatic heterocycles. The van der Waals surface area contributed by atoms with Crippen molar-refractivity contribution < 1.29 is 19.8 Å². The van der Waals surface area contributed by atoms with Crippen LogP contribution in [0.25, 0.3) is 32.2 Å². The number of nitrogens with zero attached hydrogens (tertiary/aromatic N) is 3. The maximum absolute atomic E-state index is 13.2. The zero-order chi connectivity index (χ0) is 20.5. The number of carbonyl (C=O) groups is 2. The lowest BCUT2D eigenvalue weighted by molar-refractivity contribution is -0.137. The summed E-state index contributed by atoms with van der Waals surface area (Å²) in [4.78, 5) is 34.0.